The average Bonchev–Trinajstić information content (AvgIpc) is 2.42. The lowest BCUT2D eigenvalue weighted by atomic mass is 10.7. The Kier molecular flexibility index (Phi) is 4.93. The summed E-state index contributed by atoms with van der Waals surface area (Å²) in [6.07, 6.45) is 0. The third kappa shape index (κ3) is 3.21. The Labute approximate surface area is 110 Å². The monoisotopic (exact) mass is 385 g/mol. The maximum absolute atomic E-state index is 11.6. The molecule has 0 bridgehead atoms. The number of halogens is 3. The molecule has 14 heavy (non-hydrogen) atoms. The van der Waals surface area contributed by atoms with Crippen molar-refractivity contribution < 1.29 is 8.42 Å². The Morgan fingerprint density at radius 2 is 2.14 bits per heavy atom. The fourth-order valence-corrected chi connectivity index (χ4v) is 4.57. The Bertz CT molecular complexity index is 417. The first-order valence-corrected chi connectivity index (χ1v) is 8.06. The topological polar surface area (TPSA) is 46.2 Å². The minimum absolute atomic E-state index is 0.0546. The smallest absolute Gasteiger partial charge is 0.210 e. The van der Waals surface area contributed by atoms with Gasteiger partial charge in [-0.3, -0.25) is 0 Å². The van der Waals surface area contributed by atoms with Crippen molar-refractivity contribution in [3.8, 4) is 0 Å². The van der Waals surface area contributed by atoms with Crippen LogP contribution in [0.2, 0.25) is 8.67 Å². The van der Waals surface area contributed by atoms with Crippen molar-refractivity contribution in [3.63, 3.8) is 0 Å². The highest BCUT2D eigenvalue weighted by molar-refractivity contribution is 14.1. The molecule has 0 fully saturated rings. The van der Waals surface area contributed by atoms with E-state index < -0.39 is 10.0 Å². The molecule has 0 aliphatic carbocycles. The van der Waals surface area contributed by atoms with E-state index in [0.29, 0.717) is 15.3 Å². The summed E-state index contributed by atoms with van der Waals surface area (Å²) in [6, 6.07) is 1.35. The van der Waals surface area contributed by atoms with Crippen LogP contribution >= 0.6 is 57.1 Å². The number of sulfonamides is 1. The van der Waals surface area contributed by atoms with Gasteiger partial charge < -0.3 is 0 Å². The molecular weight excluding hydrogens is 380 g/mol. The van der Waals surface area contributed by atoms with Crippen molar-refractivity contribution >= 4 is 67.2 Å². The molecule has 0 aromatic carbocycles. The molecule has 1 heterocycles. The van der Waals surface area contributed by atoms with Crippen LogP contribution in [0.25, 0.3) is 0 Å². The first-order chi connectivity index (χ1) is 6.47. The summed E-state index contributed by atoms with van der Waals surface area (Å²) in [5.41, 5.74) is 0. The standard InChI is InChI=1S/C6H6Cl2INO2S2/c7-5-3-4(6(8)13-5)14(11,12)10-2-1-9/h3,10H,1-2H2. The van der Waals surface area contributed by atoms with Crippen LogP contribution in [0.1, 0.15) is 0 Å². The van der Waals surface area contributed by atoms with Crippen LogP contribution in [0.3, 0.4) is 0 Å². The van der Waals surface area contributed by atoms with Crippen molar-refractivity contribution in [1.82, 2.24) is 4.72 Å². The quantitative estimate of drug-likeness (QED) is 0.639. The molecule has 0 spiro atoms. The molecule has 1 N–H and O–H groups in total. The Hall–Kier alpha value is 0.920. The second-order valence-electron chi connectivity index (χ2n) is 2.28. The highest BCUT2D eigenvalue weighted by atomic mass is 127. The van der Waals surface area contributed by atoms with Crippen LogP contribution in [-0.4, -0.2) is 19.4 Å². The molecule has 1 aromatic rings. The lowest BCUT2D eigenvalue weighted by molar-refractivity contribution is 0.585. The number of thiophene rings is 1. The largest absolute Gasteiger partial charge is 0.242 e. The van der Waals surface area contributed by atoms with Gasteiger partial charge in [-0.1, -0.05) is 45.8 Å². The van der Waals surface area contributed by atoms with Gasteiger partial charge in [0.2, 0.25) is 10.0 Å². The van der Waals surface area contributed by atoms with Gasteiger partial charge in [0.25, 0.3) is 0 Å². The van der Waals surface area contributed by atoms with Gasteiger partial charge in [-0.2, -0.15) is 0 Å². The molecule has 3 nitrogen and oxygen atoms in total. The molecule has 0 atom stereocenters. The van der Waals surface area contributed by atoms with Gasteiger partial charge in [0.1, 0.15) is 9.23 Å². The van der Waals surface area contributed by atoms with Crippen LogP contribution in [0.15, 0.2) is 11.0 Å². The van der Waals surface area contributed by atoms with E-state index in [1.807, 2.05) is 0 Å². The Morgan fingerprint density at radius 3 is 2.57 bits per heavy atom. The zero-order valence-electron chi connectivity index (χ0n) is 6.76. The lowest BCUT2D eigenvalue weighted by Crippen LogP contribution is -2.25. The van der Waals surface area contributed by atoms with Crippen molar-refractivity contribution in [2.24, 2.45) is 0 Å². The van der Waals surface area contributed by atoms with Crippen LogP contribution in [-0.2, 0) is 10.0 Å². The predicted molar refractivity (Wildman–Crippen MR) is 68.4 cm³/mol. The summed E-state index contributed by atoms with van der Waals surface area (Å²) in [5.74, 6) is 0. The molecule has 1 aromatic heterocycles. The molecule has 1 rings (SSSR count). The molecule has 0 amide bonds. The summed E-state index contributed by atoms with van der Waals surface area (Å²) in [6.45, 7) is 0.382. The van der Waals surface area contributed by atoms with Gasteiger partial charge >= 0.3 is 0 Å². The second-order valence-corrected chi connectivity index (χ2v) is 7.37. The predicted octanol–water partition coefficient (Wildman–Crippen LogP) is 2.77. The number of rotatable bonds is 4. The molecule has 0 unspecified atom stereocenters. The maximum Gasteiger partial charge on any atom is 0.242 e. The van der Waals surface area contributed by atoms with Crippen molar-refractivity contribution in [1.29, 1.82) is 0 Å². The first-order valence-electron chi connectivity index (χ1n) is 3.48. The number of hydrogen-bond donors (Lipinski definition) is 1. The van der Waals surface area contributed by atoms with Crippen molar-refractivity contribution in [3.05, 3.63) is 14.7 Å². The van der Waals surface area contributed by atoms with E-state index in [1.54, 1.807) is 0 Å². The maximum atomic E-state index is 11.6. The van der Waals surface area contributed by atoms with Gasteiger partial charge in [-0.15, -0.1) is 11.3 Å². The highest BCUT2D eigenvalue weighted by Gasteiger charge is 2.19. The molecule has 0 radical (unpaired) electrons. The number of alkyl halides is 1. The van der Waals surface area contributed by atoms with E-state index in [1.165, 1.54) is 6.07 Å². The van der Waals surface area contributed by atoms with Gasteiger partial charge in [0.05, 0.1) is 4.34 Å². The lowest BCUT2D eigenvalue weighted by Gasteiger charge is -2.02. The SMILES string of the molecule is O=S(=O)(NCCI)c1cc(Cl)sc1Cl. The number of hydrogen-bond acceptors (Lipinski definition) is 3. The third-order valence-electron chi connectivity index (χ3n) is 1.30. The molecule has 80 valence electrons. The number of nitrogens with one attached hydrogen (secondary N) is 1. The van der Waals surface area contributed by atoms with Crippen LogP contribution < -0.4 is 4.72 Å². The molecule has 0 saturated carbocycles. The van der Waals surface area contributed by atoms with E-state index in [-0.39, 0.29) is 9.23 Å². The van der Waals surface area contributed by atoms with Gasteiger partial charge in [-0.05, 0) is 6.07 Å². The van der Waals surface area contributed by atoms with Crippen molar-refractivity contribution in [2.75, 3.05) is 11.0 Å². The van der Waals surface area contributed by atoms with E-state index >= 15 is 0 Å². The summed E-state index contributed by atoms with van der Waals surface area (Å²) >= 11 is 14.5. The van der Waals surface area contributed by atoms with E-state index in [2.05, 4.69) is 27.3 Å². The summed E-state index contributed by atoms with van der Waals surface area (Å²) in [5, 5.41) is 0. The van der Waals surface area contributed by atoms with Crippen LogP contribution in [0.4, 0.5) is 0 Å². The van der Waals surface area contributed by atoms with E-state index in [9.17, 15) is 8.42 Å². The zero-order valence-corrected chi connectivity index (χ0v) is 12.1. The van der Waals surface area contributed by atoms with Gasteiger partial charge in [-0.25, -0.2) is 13.1 Å². The summed E-state index contributed by atoms with van der Waals surface area (Å²) < 4.78 is 26.8. The Balaban J connectivity index is 2.98. The highest BCUT2D eigenvalue weighted by Crippen LogP contribution is 2.33. The van der Waals surface area contributed by atoms with Crippen LogP contribution in [0, 0.1) is 0 Å². The summed E-state index contributed by atoms with van der Waals surface area (Å²) in [7, 11) is -3.49. The minimum Gasteiger partial charge on any atom is -0.210 e. The molecular formula is C6H6Cl2INO2S2. The zero-order chi connectivity index (χ0) is 10.8. The summed E-state index contributed by atoms with van der Waals surface area (Å²) in [4.78, 5) is 0.0546. The molecule has 0 saturated heterocycles. The van der Waals surface area contributed by atoms with Gasteiger partial charge in [0.15, 0.2) is 0 Å². The van der Waals surface area contributed by atoms with Crippen LogP contribution in [0.5, 0.6) is 0 Å². The average molecular weight is 386 g/mol. The fraction of sp³-hybridized carbons (Fsp3) is 0.333. The second kappa shape index (κ2) is 5.31. The molecule has 8 heteroatoms. The first kappa shape index (κ1) is 13.0. The molecule has 0 aliphatic heterocycles. The third-order valence-corrected chi connectivity index (χ3v) is 5.05. The fourth-order valence-electron chi connectivity index (χ4n) is 0.759. The van der Waals surface area contributed by atoms with E-state index in [4.69, 9.17) is 23.2 Å². The van der Waals surface area contributed by atoms with E-state index in [0.717, 1.165) is 11.3 Å². The van der Waals surface area contributed by atoms with Gasteiger partial charge in [0, 0.05) is 11.0 Å². The normalized spacial score (nSPS) is 11.9. The minimum atomic E-state index is -3.49. The van der Waals surface area contributed by atoms with Crippen molar-refractivity contribution in [2.45, 2.75) is 4.90 Å². The molecule has 0 aliphatic rings. The Morgan fingerprint density at radius 1 is 1.50 bits per heavy atom.